The molecule has 0 bridgehead atoms. The second kappa shape index (κ2) is 8.40. The van der Waals surface area contributed by atoms with Crippen LogP contribution in [0, 0.1) is 5.92 Å². The predicted molar refractivity (Wildman–Crippen MR) is 102 cm³/mol. The van der Waals surface area contributed by atoms with Crippen LogP contribution in [0.5, 0.6) is 0 Å². The van der Waals surface area contributed by atoms with E-state index in [0.29, 0.717) is 18.7 Å². The summed E-state index contributed by atoms with van der Waals surface area (Å²) in [5.41, 5.74) is 2.36. The van der Waals surface area contributed by atoms with Gasteiger partial charge in [-0.3, -0.25) is 24.8 Å². The van der Waals surface area contributed by atoms with E-state index in [4.69, 9.17) is 0 Å². The molecule has 1 atom stereocenters. The van der Waals surface area contributed by atoms with Gasteiger partial charge in [-0.1, -0.05) is 60.7 Å². The lowest BCUT2D eigenvalue weighted by Gasteiger charge is -2.30. The molecule has 0 saturated carbocycles. The first-order valence-corrected chi connectivity index (χ1v) is 8.81. The molecule has 0 aromatic heterocycles. The summed E-state index contributed by atoms with van der Waals surface area (Å²) in [4.78, 5) is 42.6. The fourth-order valence-corrected chi connectivity index (χ4v) is 2.99. The molecule has 0 radical (unpaired) electrons. The molecule has 3 rings (SSSR count). The van der Waals surface area contributed by atoms with Gasteiger partial charge in [0, 0.05) is 12.3 Å². The zero-order chi connectivity index (χ0) is 19.2. The topological polar surface area (TPSA) is 78.8 Å². The third-order valence-corrected chi connectivity index (χ3v) is 4.46. The molecule has 1 saturated heterocycles. The van der Waals surface area contributed by atoms with Crippen LogP contribution >= 0.6 is 0 Å². The van der Waals surface area contributed by atoms with Gasteiger partial charge in [-0.2, -0.15) is 0 Å². The number of benzene rings is 2. The van der Waals surface area contributed by atoms with Crippen LogP contribution in [0.1, 0.15) is 18.1 Å². The molecule has 1 unspecified atom stereocenters. The lowest BCUT2D eigenvalue weighted by Crippen LogP contribution is -2.59. The number of amides is 4. The molecule has 4 amide bonds. The average Bonchev–Trinajstić information content (AvgIpc) is 2.67. The van der Waals surface area contributed by atoms with E-state index in [1.165, 1.54) is 0 Å². The number of nitrogens with zero attached hydrogens (tertiary/aromatic N) is 2. The molecule has 2 aromatic carbocycles. The van der Waals surface area contributed by atoms with E-state index in [1.54, 1.807) is 6.92 Å². The Hall–Kier alpha value is -3.28. The Bertz CT molecular complexity index is 863. The number of hydrogen-bond acceptors (Lipinski definition) is 4. The highest BCUT2D eigenvalue weighted by Gasteiger charge is 2.41. The number of urea groups is 1. The third-order valence-electron chi connectivity index (χ3n) is 4.46. The minimum Gasteiger partial charge on any atom is -0.293 e. The fourth-order valence-electron chi connectivity index (χ4n) is 2.99. The van der Waals surface area contributed by atoms with Gasteiger partial charge in [0.1, 0.15) is 0 Å². The standard InChI is InChI=1S/C21H21N3O3/c1-15(22-13-12-16-8-4-2-5-9-16)18-19(25)23-21(27)24(20(18)26)14-17-10-6-3-7-11-17/h2-11,18H,12-14H2,1H3,(H,23,25,27). The maximum Gasteiger partial charge on any atom is 0.331 e. The maximum atomic E-state index is 12.8. The second-order valence-corrected chi connectivity index (χ2v) is 6.40. The highest BCUT2D eigenvalue weighted by atomic mass is 16.2. The first-order chi connectivity index (χ1) is 13.1. The zero-order valence-electron chi connectivity index (χ0n) is 15.1. The van der Waals surface area contributed by atoms with Crippen LogP contribution in [-0.2, 0) is 22.6 Å². The molecule has 27 heavy (non-hydrogen) atoms. The fraction of sp³-hybridized carbons (Fsp3) is 0.238. The van der Waals surface area contributed by atoms with E-state index in [1.807, 2.05) is 60.7 Å². The van der Waals surface area contributed by atoms with E-state index in [9.17, 15) is 14.4 Å². The molecular weight excluding hydrogens is 342 g/mol. The first kappa shape index (κ1) is 18.5. The molecule has 6 nitrogen and oxygen atoms in total. The summed E-state index contributed by atoms with van der Waals surface area (Å²) in [6.45, 7) is 2.25. The summed E-state index contributed by atoms with van der Waals surface area (Å²) in [5, 5.41) is 2.27. The molecule has 6 heteroatoms. The Kier molecular flexibility index (Phi) is 5.76. The molecule has 1 aliphatic heterocycles. The van der Waals surface area contributed by atoms with Crippen molar-refractivity contribution in [3.05, 3.63) is 71.8 Å². The van der Waals surface area contributed by atoms with Crippen LogP contribution in [0.2, 0.25) is 0 Å². The van der Waals surface area contributed by atoms with Gasteiger partial charge in [0.05, 0.1) is 6.54 Å². The predicted octanol–water partition coefficient (Wildman–Crippen LogP) is 2.58. The van der Waals surface area contributed by atoms with Gasteiger partial charge in [0.25, 0.3) is 0 Å². The largest absolute Gasteiger partial charge is 0.331 e. The second-order valence-electron chi connectivity index (χ2n) is 6.40. The van der Waals surface area contributed by atoms with Crippen molar-refractivity contribution in [1.29, 1.82) is 0 Å². The molecular formula is C21H21N3O3. The van der Waals surface area contributed by atoms with Crippen molar-refractivity contribution in [2.24, 2.45) is 10.9 Å². The van der Waals surface area contributed by atoms with Crippen LogP contribution in [0.3, 0.4) is 0 Å². The number of carbonyl (C=O) groups is 3. The quantitative estimate of drug-likeness (QED) is 0.633. The van der Waals surface area contributed by atoms with Crippen LogP contribution in [-0.4, -0.2) is 35.0 Å². The summed E-state index contributed by atoms with van der Waals surface area (Å²) < 4.78 is 0. The normalized spacial score (nSPS) is 17.8. The first-order valence-electron chi connectivity index (χ1n) is 8.81. The molecule has 1 N–H and O–H groups in total. The van der Waals surface area contributed by atoms with Gasteiger partial charge >= 0.3 is 6.03 Å². The van der Waals surface area contributed by atoms with Crippen LogP contribution in [0.15, 0.2) is 65.7 Å². The van der Waals surface area contributed by atoms with Crippen LogP contribution in [0.25, 0.3) is 0 Å². The molecule has 1 aliphatic rings. The number of aliphatic imine (C=N–C) groups is 1. The number of nitrogens with one attached hydrogen (secondary N) is 1. The van der Waals surface area contributed by atoms with E-state index in [-0.39, 0.29) is 6.54 Å². The Morgan fingerprint density at radius 3 is 2.19 bits per heavy atom. The summed E-state index contributed by atoms with van der Waals surface area (Å²) in [7, 11) is 0. The molecule has 138 valence electrons. The Morgan fingerprint density at radius 2 is 1.56 bits per heavy atom. The summed E-state index contributed by atoms with van der Waals surface area (Å²) in [6, 6.07) is 18.4. The van der Waals surface area contributed by atoms with Crippen LogP contribution < -0.4 is 5.32 Å². The number of imide groups is 2. The van der Waals surface area contributed by atoms with E-state index < -0.39 is 23.8 Å². The molecule has 1 heterocycles. The van der Waals surface area contributed by atoms with Crippen molar-refractivity contribution in [1.82, 2.24) is 10.2 Å². The van der Waals surface area contributed by atoms with Crippen molar-refractivity contribution >= 4 is 23.6 Å². The van der Waals surface area contributed by atoms with Crippen LogP contribution in [0.4, 0.5) is 4.79 Å². The van der Waals surface area contributed by atoms with Gasteiger partial charge in [0.2, 0.25) is 11.8 Å². The monoisotopic (exact) mass is 363 g/mol. The van der Waals surface area contributed by atoms with E-state index in [2.05, 4.69) is 10.3 Å². The maximum absolute atomic E-state index is 12.8. The SMILES string of the molecule is CC(=NCCc1ccccc1)C1C(=O)NC(=O)N(Cc2ccccc2)C1=O. The summed E-state index contributed by atoms with van der Waals surface area (Å²) >= 11 is 0. The molecule has 0 aliphatic carbocycles. The lowest BCUT2D eigenvalue weighted by molar-refractivity contribution is -0.139. The molecule has 0 spiro atoms. The van der Waals surface area contributed by atoms with Gasteiger partial charge in [-0.25, -0.2) is 4.79 Å². The average molecular weight is 363 g/mol. The van der Waals surface area contributed by atoms with Crippen molar-refractivity contribution in [3.63, 3.8) is 0 Å². The smallest absolute Gasteiger partial charge is 0.293 e. The third kappa shape index (κ3) is 4.47. The van der Waals surface area contributed by atoms with Gasteiger partial charge in [0.15, 0.2) is 5.92 Å². The van der Waals surface area contributed by atoms with Crippen molar-refractivity contribution in [2.45, 2.75) is 19.9 Å². The van der Waals surface area contributed by atoms with Crippen molar-refractivity contribution < 1.29 is 14.4 Å². The summed E-state index contributed by atoms with van der Waals surface area (Å²) in [6.07, 6.45) is 0.716. The number of barbiturate groups is 1. The minimum atomic E-state index is -1.07. The summed E-state index contributed by atoms with van der Waals surface area (Å²) in [5.74, 6) is -2.22. The highest BCUT2D eigenvalue weighted by molar-refractivity contribution is 6.27. The zero-order valence-corrected chi connectivity index (χ0v) is 15.1. The Balaban J connectivity index is 1.71. The Morgan fingerprint density at radius 1 is 0.963 bits per heavy atom. The molecule has 1 fully saturated rings. The number of hydrogen-bond donors (Lipinski definition) is 1. The molecule has 2 aromatic rings. The highest BCUT2D eigenvalue weighted by Crippen LogP contribution is 2.16. The van der Waals surface area contributed by atoms with Gasteiger partial charge in [-0.15, -0.1) is 0 Å². The van der Waals surface area contributed by atoms with Crippen molar-refractivity contribution in [2.75, 3.05) is 6.54 Å². The minimum absolute atomic E-state index is 0.118. The van der Waals surface area contributed by atoms with E-state index >= 15 is 0 Å². The number of carbonyl (C=O) groups excluding carboxylic acids is 3. The number of rotatable bonds is 6. The lowest BCUT2D eigenvalue weighted by atomic mass is 9.99. The van der Waals surface area contributed by atoms with E-state index in [0.717, 1.165) is 16.0 Å². The Labute approximate surface area is 157 Å². The van der Waals surface area contributed by atoms with Gasteiger partial charge in [-0.05, 0) is 24.5 Å². The van der Waals surface area contributed by atoms with Crippen molar-refractivity contribution in [3.8, 4) is 0 Å². The van der Waals surface area contributed by atoms with Gasteiger partial charge < -0.3 is 0 Å².